The summed E-state index contributed by atoms with van der Waals surface area (Å²) in [5, 5.41) is 17.2. The Bertz CT molecular complexity index is 781. The van der Waals surface area contributed by atoms with Crippen LogP contribution in [0, 0.1) is 0 Å². The molecule has 0 aliphatic heterocycles. The lowest BCUT2D eigenvalue weighted by atomic mass is 10.2. The number of nitrogens with one attached hydrogen (secondary N) is 1. The van der Waals surface area contributed by atoms with Gasteiger partial charge in [-0.1, -0.05) is 28.7 Å². The number of anilines is 1. The van der Waals surface area contributed by atoms with Gasteiger partial charge in [-0.25, -0.2) is 10.5 Å². The van der Waals surface area contributed by atoms with Crippen LogP contribution in [0.25, 0.3) is 10.9 Å². The second-order valence-corrected chi connectivity index (χ2v) is 4.78. The van der Waals surface area contributed by atoms with Gasteiger partial charge in [0, 0.05) is 0 Å². The Labute approximate surface area is 110 Å². The zero-order valence-electron chi connectivity index (χ0n) is 9.65. The molecule has 3 aromatic rings. The second-order valence-electron chi connectivity index (χ2n) is 3.71. The Kier molecular flexibility index (Phi) is 2.89. The molecular formula is C10H9N7OS. The van der Waals surface area contributed by atoms with Crippen LogP contribution in [0.2, 0.25) is 0 Å². The van der Waals surface area contributed by atoms with Crippen molar-refractivity contribution in [3.8, 4) is 0 Å². The fourth-order valence-electron chi connectivity index (χ4n) is 1.63. The summed E-state index contributed by atoms with van der Waals surface area (Å²) in [5.74, 6) is 5.22. The van der Waals surface area contributed by atoms with E-state index in [9.17, 15) is 4.79 Å². The summed E-state index contributed by atoms with van der Waals surface area (Å²) in [6.07, 6.45) is 0. The molecule has 3 rings (SSSR count). The summed E-state index contributed by atoms with van der Waals surface area (Å²) in [4.78, 5) is 12.2. The van der Waals surface area contributed by atoms with Crippen LogP contribution in [-0.4, -0.2) is 25.2 Å². The fraction of sp³-hybridized carbons (Fsp3) is 0.100. The van der Waals surface area contributed by atoms with E-state index in [2.05, 4.69) is 25.9 Å². The van der Waals surface area contributed by atoms with Gasteiger partial charge in [0.25, 0.3) is 5.56 Å². The molecule has 0 amide bonds. The van der Waals surface area contributed by atoms with Crippen molar-refractivity contribution in [1.29, 1.82) is 0 Å². The normalized spacial score (nSPS) is 10.8. The Hall–Kier alpha value is -2.39. The average Bonchev–Trinajstić information content (AvgIpc) is 2.90. The van der Waals surface area contributed by atoms with Crippen molar-refractivity contribution in [2.24, 2.45) is 5.84 Å². The summed E-state index contributed by atoms with van der Waals surface area (Å²) in [6, 6.07) is 7.06. The predicted molar refractivity (Wildman–Crippen MR) is 70.6 cm³/mol. The SMILES string of the molecule is NNc1nnc(Cn2nnc3ccccc3c2=O)s1. The van der Waals surface area contributed by atoms with Gasteiger partial charge in [-0.2, -0.15) is 0 Å². The van der Waals surface area contributed by atoms with Crippen molar-refractivity contribution < 1.29 is 0 Å². The van der Waals surface area contributed by atoms with Gasteiger partial charge in [0.2, 0.25) is 5.13 Å². The van der Waals surface area contributed by atoms with Crippen molar-refractivity contribution in [3.05, 3.63) is 39.6 Å². The smallest absolute Gasteiger partial charge is 0.278 e. The van der Waals surface area contributed by atoms with Gasteiger partial charge in [-0.3, -0.25) is 10.2 Å². The predicted octanol–water partition coefficient (Wildman–Crippen LogP) is -0.0231. The molecule has 0 radical (unpaired) electrons. The van der Waals surface area contributed by atoms with Crippen molar-refractivity contribution >= 4 is 27.4 Å². The molecule has 0 saturated heterocycles. The Morgan fingerprint density at radius 1 is 1.26 bits per heavy atom. The summed E-state index contributed by atoms with van der Waals surface area (Å²) in [7, 11) is 0. The van der Waals surface area contributed by atoms with Crippen LogP contribution < -0.4 is 16.8 Å². The number of nitrogens with two attached hydrogens (primary N) is 1. The van der Waals surface area contributed by atoms with Gasteiger partial charge in [0.15, 0.2) is 0 Å². The van der Waals surface area contributed by atoms with Crippen molar-refractivity contribution in [3.63, 3.8) is 0 Å². The first-order chi connectivity index (χ1) is 9.28. The highest BCUT2D eigenvalue weighted by Gasteiger charge is 2.08. The van der Waals surface area contributed by atoms with E-state index in [0.29, 0.717) is 21.0 Å². The van der Waals surface area contributed by atoms with Crippen LogP contribution in [0.3, 0.4) is 0 Å². The third-order valence-electron chi connectivity index (χ3n) is 2.50. The molecule has 0 aliphatic carbocycles. The molecule has 0 bridgehead atoms. The summed E-state index contributed by atoms with van der Waals surface area (Å²) >= 11 is 1.26. The minimum atomic E-state index is -0.206. The third-order valence-corrected chi connectivity index (χ3v) is 3.34. The first-order valence-corrected chi connectivity index (χ1v) is 6.21. The lowest BCUT2D eigenvalue weighted by Gasteiger charge is -2.01. The van der Waals surface area contributed by atoms with Gasteiger partial charge >= 0.3 is 0 Å². The maximum absolute atomic E-state index is 12.2. The van der Waals surface area contributed by atoms with Gasteiger partial charge in [0.1, 0.15) is 17.1 Å². The molecule has 0 saturated carbocycles. The van der Waals surface area contributed by atoms with Crippen LogP contribution in [0.1, 0.15) is 5.01 Å². The lowest BCUT2D eigenvalue weighted by molar-refractivity contribution is 0.596. The molecule has 0 unspecified atom stereocenters. The second kappa shape index (κ2) is 4.71. The van der Waals surface area contributed by atoms with Crippen LogP contribution in [-0.2, 0) is 6.54 Å². The average molecular weight is 275 g/mol. The Morgan fingerprint density at radius 3 is 2.89 bits per heavy atom. The Balaban J connectivity index is 2.01. The van der Waals surface area contributed by atoms with E-state index in [-0.39, 0.29) is 12.1 Å². The monoisotopic (exact) mass is 275 g/mol. The standard InChI is InChI=1S/C10H9N7OS/c11-12-10-15-14-8(19-10)5-17-9(18)6-3-1-2-4-7(6)13-16-17/h1-4H,5,11H2,(H,12,15). The highest BCUT2D eigenvalue weighted by Crippen LogP contribution is 2.14. The molecule has 1 aromatic carbocycles. The van der Waals surface area contributed by atoms with Gasteiger partial charge in [-0.05, 0) is 12.1 Å². The highest BCUT2D eigenvalue weighted by atomic mass is 32.1. The quantitative estimate of drug-likeness (QED) is 0.510. The lowest BCUT2D eigenvalue weighted by Crippen LogP contribution is -2.24. The topological polar surface area (TPSA) is 112 Å². The number of hydrogen-bond acceptors (Lipinski definition) is 8. The number of hydrogen-bond donors (Lipinski definition) is 2. The summed E-state index contributed by atoms with van der Waals surface area (Å²) in [6.45, 7) is 0.218. The van der Waals surface area contributed by atoms with Gasteiger partial charge < -0.3 is 0 Å². The molecule has 2 heterocycles. The maximum Gasteiger partial charge on any atom is 0.278 e. The molecule has 0 fully saturated rings. The molecular weight excluding hydrogens is 266 g/mol. The number of hydrazine groups is 1. The molecule has 3 N–H and O–H groups in total. The fourth-order valence-corrected chi connectivity index (χ4v) is 2.26. The van der Waals surface area contributed by atoms with E-state index in [4.69, 9.17) is 5.84 Å². The maximum atomic E-state index is 12.2. The van der Waals surface area contributed by atoms with Gasteiger partial charge in [-0.15, -0.1) is 15.3 Å². The molecule has 19 heavy (non-hydrogen) atoms. The Morgan fingerprint density at radius 2 is 2.11 bits per heavy atom. The number of fused-ring (bicyclic) bond motifs is 1. The number of rotatable bonds is 3. The third kappa shape index (κ3) is 2.16. The molecule has 0 aliphatic rings. The zero-order valence-corrected chi connectivity index (χ0v) is 10.5. The van der Waals surface area contributed by atoms with E-state index in [1.807, 2.05) is 6.07 Å². The van der Waals surface area contributed by atoms with E-state index in [1.54, 1.807) is 18.2 Å². The number of nitrogens with zero attached hydrogens (tertiary/aromatic N) is 5. The zero-order chi connectivity index (χ0) is 13.2. The molecule has 9 heteroatoms. The van der Waals surface area contributed by atoms with E-state index in [1.165, 1.54) is 16.0 Å². The van der Waals surface area contributed by atoms with Crippen molar-refractivity contribution in [2.75, 3.05) is 5.43 Å². The van der Waals surface area contributed by atoms with Crippen molar-refractivity contribution in [1.82, 2.24) is 25.2 Å². The van der Waals surface area contributed by atoms with E-state index in [0.717, 1.165) is 0 Å². The van der Waals surface area contributed by atoms with Crippen LogP contribution >= 0.6 is 11.3 Å². The summed E-state index contributed by atoms with van der Waals surface area (Å²) in [5.41, 5.74) is 2.77. The molecule has 0 atom stereocenters. The van der Waals surface area contributed by atoms with Gasteiger partial charge in [0.05, 0.1) is 5.39 Å². The minimum absolute atomic E-state index is 0.206. The van der Waals surface area contributed by atoms with Crippen molar-refractivity contribution in [2.45, 2.75) is 6.54 Å². The number of aromatic nitrogens is 5. The molecule has 8 nitrogen and oxygen atoms in total. The largest absolute Gasteiger partial charge is 0.298 e. The first-order valence-electron chi connectivity index (χ1n) is 5.39. The molecule has 2 aromatic heterocycles. The highest BCUT2D eigenvalue weighted by molar-refractivity contribution is 7.15. The first kappa shape index (κ1) is 11.7. The minimum Gasteiger partial charge on any atom is -0.298 e. The van der Waals surface area contributed by atoms with Crippen LogP contribution in [0.5, 0.6) is 0 Å². The number of benzene rings is 1. The van der Waals surface area contributed by atoms with E-state index < -0.39 is 0 Å². The van der Waals surface area contributed by atoms with E-state index >= 15 is 0 Å². The van der Waals surface area contributed by atoms with Crippen LogP contribution in [0.4, 0.5) is 5.13 Å². The number of nitrogen functional groups attached to an aromatic ring is 1. The molecule has 0 spiro atoms. The molecule has 96 valence electrons. The summed E-state index contributed by atoms with van der Waals surface area (Å²) < 4.78 is 1.25. The van der Waals surface area contributed by atoms with Crippen LogP contribution in [0.15, 0.2) is 29.1 Å².